The highest BCUT2D eigenvalue weighted by Gasteiger charge is 2.22. The van der Waals surface area contributed by atoms with Gasteiger partial charge in [-0.15, -0.1) is 11.3 Å². The Morgan fingerprint density at radius 3 is 2.34 bits per heavy atom. The Balaban J connectivity index is 2.14. The van der Waals surface area contributed by atoms with Crippen molar-refractivity contribution in [3.8, 4) is 11.5 Å². The first-order chi connectivity index (χ1) is 15.4. The van der Waals surface area contributed by atoms with E-state index in [1.165, 1.54) is 4.90 Å². The molecule has 0 radical (unpaired) electrons. The number of benzene rings is 1. The molecule has 8 heteroatoms. The average molecular weight is 462 g/mol. The van der Waals surface area contributed by atoms with Crippen molar-refractivity contribution in [2.45, 2.75) is 32.7 Å². The lowest BCUT2D eigenvalue weighted by Crippen LogP contribution is -2.46. The Labute approximate surface area is 195 Å². The summed E-state index contributed by atoms with van der Waals surface area (Å²) in [7, 11) is 6.65. The Morgan fingerprint density at radius 1 is 1.00 bits per heavy atom. The van der Waals surface area contributed by atoms with Crippen LogP contribution >= 0.6 is 11.3 Å². The lowest BCUT2D eigenvalue weighted by molar-refractivity contribution is -0.132. The van der Waals surface area contributed by atoms with Crippen molar-refractivity contribution >= 4 is 23.3 Å². The van der Waals surface area contributed by atoms with Gasteiger partial charge in [-0.05, 0) is 42.0 Å². The molecule has 0 N–H and O–H groups in total. The molecule has 0 aliphatic heterocycles. The second-order valence-electron chi connectivity index (χ2n) is 7.79. The highest BCUT2D eigenvalue weighted by atomic mass is 32.1. The molecule has 0 atom stereocenters. The van der Waals surface area contributed by atoms with Crippen molar-refractivity contribution in [3.63, 3.8) is 0 Å². The molecule has 7 nitrogen and oxygen atoms in total. The molecule has 1 heterocycles. The van der Waals surface area contributed by atoms with E-state index in [0.717, 1.165) is 23.3 Å². The van der Waals surface area contributed by atoms with Crippen LogP contribution in [0.15, 0.2) is 35.7 Å². The standard InChI is InChI=1S/C24H35N3O4S/c1-6-7-13-27(24(29)25(2)3)18-23(28)26(17-20-9-8-15-32-20)14-12-19-10-11-21(30-4)22(16-19)31-5/h8-11,15-16H,6-7,12-14,17-18H2,1-5H3. The number of thiophene rings is 1. The normalized spacial score (nSPS) is 10.5. The molecule has 0 fully saturated rings. The van der Waals surface area contributed by atoms with Gasteiger partial charge in [-0.3, -0.25) is 4.79 Å². The highest BCUT2D eigenvalue weighted by molar-refractivity contribution is 7.09. The van der Waals surface area contributed by atoms with E-state index in [2.05, 4.69) is 6.92 Å². The Kier molecular flexibility index (Phi) is 10.3. The summed E-state index contributed by atoms with van der Waals surface area (Å²) in [6, 6.07) is 9.68. The van der Waals surface area contributed by atoms with Crippen LogP contribution in [0.2, 0.25) is 0 Å². The number of unbranched alkanes of at least 4 members (excludes halogenated alkanes) is 1. The van der Waals surface area contributed by atoms with Crippen LogP contribution in [0.1, 0.15) is 30.2 Å². The van der Waals surface area contributed by atoms with E-state index in [4.69, 9.17) is 9.47 Å². The molecule has 0 spiro atoms. The number of carbonyl (C=O) groups is 2. The summed E-state index contributed by atoms with van der Waals surface area (Å²) in [5.41, 5.74) is 1.05. The first kappa shape index (κ1) is 25.5. The number of ether oxygens (including phenoxy) is 2. The van der Waals surface area contributed by atoms with Crippen LogP contribution in [-0.4, -0.2) is 74.6 Å². The van der Waals surface area contributed by atoms with Crippen LogP contribution in [0.5, 0.6) is 11.5 Å². The van der Waals surface area contributed by atoms with Gasteiger partial charge in [0.15, 0.2) is 11.5 Å². The van der Waals surface area contributed by atoms with E-state index < -0.39 is 0 Å². The quantitative estimate of drug-likeness (QED) is 0.477. The lowest BCUT2D eigenvalue weighted by atomic mass is 10.1. The summed E-state index contributed by atoms with van der Waals surface area (Å²) in [6.07, 6.45) is 2.50. The molecule has 32 heavy (non-hydrogen) atoms. The zero-order valence-electron chi connectivity index (χ0n) is 19.8. The van der Waals surface area contributed by atoms with E-state index in [-0.39, 0.29) is 18.5 Å². The van der Waals surface area contributed by atoms with E-state index in [9.17, 15) is 9.59 Å². The van der Waals surface area contributed by atoms with Gasteiger partial charge < -0.3 is 24.2 Å². The molecule has 3 amide bonds. The first-order valence-electron chi connectivity index (χ1n) is 10.9. The SMILES string of the molecule is CCCCN(CC(=O)N(CCc1ccc(OC)c(OC)c1)Cc1cccs1)C(=O)N(C)C. The van der Waals surface area contributed by atoms with Crippen molar-refractivity contribution in [2.24, 2.45) is 0 Å². The monoisotopic (exact) mass is 461 g/mol. The number of amides is 3. The third-order valence-electron chi connectivity index (χ3n) is 5.16. The molecule has 0 saturated carbocycles. The molecule has 0 unspecified atom stereocenters. The summed E-state index contributed by atoms with van der Waals surface area (Å²) in [5, 5.41) is 2.01. The lowest BCUT2D eigenvalue weighted by Gasteiger charge is -2.29. The minimum absolute atomic E-state index is 0.0508. The number of methoxy groups -OCH3 is 2. The average Bonchev–Trinajstić information content (AvgIpc) is 3.31. The minimum Gasteiger partial charge on any atom is -0.493 e. The Hall–Kier alpha value is -2.74. The zero-order chi connectivity index (χ0) is 23.5. The number of rotatable bonds is 12. The second-order valence-corrected chi connectivity index (χ2v) is 8.82. The number of urea groups is 1. The topological polar surface area (TPSA) is 62.3 Å². The summed E-state index contributed by atoms with van der Waals surface area (Å²) >= 11 is 1.63. The zero-order valence-corrected chi connectivity index (χ0v) is 20.6. The summed E-state index contributed by atoms with van der Waals surface area (Å²) < 4.78 is 10.7. The fourth-order valence-corrected chi connectivity index (χ4v) is 4.04. The van der Waals surface area contributed by atoms with Crippen LogP contribution in [0.4, 0.5) is 4.79 Å². The fraction of sp³-hybridized carbons (Fsp3) is 0.500. The second kappa shape index (κ2) is 13.0. The molecule has 0 bridgehead atoms. The first-order valence-corrected chi connectivity index (χ1v) is 11.7. The molecule has 0 aliphatic carbocycles. The molecule has 2 rings (SSSR count). The maximum Gasteiger partial charge on any atom is 0.319 e. The third-order valence-corrected chi connectivity index (χ3v) is 6.02. The molecule has 2 aromatic rings. The molecular weight excluding hydrogens is 426 g/mol. The Morgan fingerprint density at radius 2 is 1.75 bits per heavy atom. The van der Waals surface area contributed by atoms with Crippen molar-refractivity contribution in [2.75, 3.05) is 47.9 Å². The van der Waals surface area contributed by atoms with Crippen molar-refractivity contribution in [3.05, 3.63) is 46.2 Å². The van der Waals surface area contributed by atoms with Crippen LogP contribution in [0.3, 0.4) is 0 Å². The molecule has 0 saturated heterocycles. The van der Waals surface area contributed by atoms with Crippen LogP contribution in [-0.2, 0) is 17.8 Å². The molecular formula is C24H35N3O4S. The van der Waals surface area contributed by atoms with Crippen molar-refractivity contribution in [1.29, 1.82) is 0 Å². The number of hydrogen-bond donors (Lipinski definition) is 0. The maximum absolute atomic E-state index is 13.3. The summed E-state index contributed by atoms with van der Waals surface area (Å²) in [6.45, 7) is 3.80. The molecule has 1 aromatic heterocycles. The molecule has 176 valence electrons. The van der Waals surface area contributed by atoms with Gasteiger partial charge in [-0.25, -0.2) is 4.79 Å². The van der Waals surface area contributed by atoms with Crippen LogP contribution < -0.4 is 9.47 Å². The van der Waals surface area contributed by atoms with Crippen LogP contribution in [0.25, 0.3) is 0 Å². The molecule has 0 aliphatic rings. The van der Waals surface area contributed by atoms with Crippen molar-refractivity contribution in [1.82, 2.24) is 14.7 Å². The van der Waals surface area contributed by atoms with E-state index in [0.29, 0.717) is 37.6 Å². The molecule has 1 aromatic carbocycles. The van der Waals surface area contributed by atoms with E-state index in [1.54, 1.807) is 44.6 Å². The smallest absolute Gasteiger partial charge is 0.319 e. The largest absolute Gasteiger partial charge is 0.493 e. The number of nitrogens with zero attached hydrogens (tertiary/aromatic N) is 3. The number of carbonyl (C=O) groups excluding carboxylic acids is 2. The van der Waals surface area contributed by atoms with Gasteiger partial charge in [0.25, 0.3) is 0 Å². The number of hydrogen-bond acceptors (Lipinski definition) is 5. The van der Waals surface area contributed by atoms with Gasteiger partial charge in [0, 0.05) is 32.1 Å². The van der Waals surface area contributed by atoms with E-state index in [1.807, 2.05) is 40.6 Å². The minimum atomic E-state index is -0.136. The van der Waals surface area contributed by atoms with Gasteiger partial charge in [-0.2, -0.15) is 0 Å². The summed E-state index contributed by atoms with van der Waals surface area (Å²) in [5.74, 6) is 1.30. The van der Waals surface area contributed by atoms with Gasteiger partial charge in [0.2, 0.25) is 5.91 Å². The summed E-state index contributed by atoms with van der Waals surface area (Å²) in [4.78, 5) is 32.0. The van der Waals surface area contributed by atoms with E-state index >= 15 is 0 Å². The van der Waals surface area contributed by atoms with Gasteiger partial charge in [0.05, 0.1) is 20.8 Å². The maximum atomic E-state index is 13.3. The van der Waals surface area contributed by atoms with Crippen molar-refractivity contribution < 1.29 is 19.1 Å². The predicted octanol–water partition coefficient (Wildman–Crippen LogP) is 4.12. The Bertz CT molecular complexity index is 855. The van der Waals surface area contributed by atoms with Crippen LogP contribution in [0, 0.1) is 0 Å². The third kappa shape index (κ3) is 7.44. The van der Waals surface area contributed by atoms with Gasteiger partial charge >= 0.3 is 6.03 Å². The highest BCUT2D eigenvalue weighted by Crippen LogP contribution is 2.28. The fourth-order valence-electron chi connectivity index (χ4n) is 3.32. The van der Waals surface area contributed by atoms with Gasteiger partial charge in [0.1, 0.15) is 6.54 Å². The van der Waals surface area contributed by atoms with Gasteiger partial charge in [-0.1, -0.05) is 25.5 Å². The predicted molar refractivity (Wildman–Crippen MR) is 129 cm³/mol.